The minimum absolute atomic E-state index is 0.0112. The Kier molecular flexibility index (Phi) is 13.3. The fraction of sp³-hybridized carbons (Fsp3) is 0.516. The van der Waals surface area contributed by atoms with Crippen LogP contribution in [0.15, 0.2) is 48.5 Å². The number of thiol groups is 1. The van der Waals surface area contributed by atoms with Gasteiger partial charge in [0.1, 0.15) is 23.4 Å². The van der Waals surface area contributed by atoms with Crippen molar-refractivity contribution in [1.29, 1.82) is 0 Å². The van der Waals surface area contributed by atoms with Crippen LogP contribution in [0.5, 0.6) is 5.75 Å². The average molecular weight is 572 g/mol. The number of carbonyl (C=O) groups excluding carboxylic acids is 3. The standard InChI is InChI=1S/C31H45N3O5S/c1-6-7-8-9-10-13-19-34(29(37)26(21-40)33-30(38)39-31(3,4)5)27(23-16-14-17-24(35)20-23)28(36)32-25-18-12-11-15-22(25)2/h11-12,14-18,20,26-27,35,40H,6-10,13,19,21H2,1-5H3,(H,32,36)(H,33,38). The van der Waals surface area contributed by atoms with Gasteiger partial charge in [-0.25, -0.2) is 4.79 Å². The van der Waals surface area contributed by atoms with Gasteiger partial charge in [0.05, 0.1) is 0 Å². The lowest BCUT2D eigenvalue weighted by atomic mass is 10.0. The van der Waals surface area contributed by atoms with Crippen molar-refractivity contribution in [2.45, 2.75) is 90.8 Å². The quantitative estimate of drug-likeness (QED) is 0.155. The summed E-state index contributed by atoms with van der Waals surface area (Å²) in [7, 11) is 0. The van der Waals surface area contributed by atoms with Crippen LogP contribution in [0.2, 0.25) is 0 Å². The maximum atomic E-state index is 14.0. The fourth-order valence-electron chi connectivity index (χ4n) is 4.35. The topological polar surface area (TPSA) is 108 Å². The van der Waals surface area contributed by atoms with Gasteiger partial charge in [0.2, 0.25) is 5.91 Å². The van der Waals surface area contributed by atoms with Crippen LogP contribution in [0.4, 0.5) is 10.5 Å². The number of hydrogen-bond acceptors (Lipinski definition) is 6. The number of carbonyl (C=O) groups is 3. The van der Waals surface area contributed by atoms with Crippen molar-refractivity contribution in [3.8, 4) is 5.75 Å². The van der Waals surface area contributed by atoms with Crippen molar-refractivity contribution < 1.29 is 24.2 Å². The molecule has 3 N–H and O–H groups in total. The van der Waals surface area contributed by atoms with E-state index in [-0.39, 0.29) is 18.0 Å². The van der Waals surface area contributed by atoms with Crippen LogP contribution in [0.3, 0.4) is 0 Å². The molecule has 0 aliphatic rings. The van der Waals surface area contributed by atoms with Crippen LogP contribution in [0.25, 0.3) is 0 Å². The minimum atomic E-state index is -1.06. The Balaban J connectivity index is 2.45. The van der Waals surface area contributed by atoms with Crippen molar-refractivity contribution >= 4 is 36.2 Å². The number of phenols is 1. The number of alkyl carbamates (subject to hydrolysis) is 1. The van der Waals surface area contributed by atoms with E-state index in [0.29, 0.717) is 17.7 Å². The molecule has 2 rings (SSSR count). The van der Waals surface area contributed by atoms with E-state index in [0.717, 1.165) is 37.7 Å². The summed E-state index contributed by atoms with van der Waals surface area (Å²) < 4.78 is 5.37. The maximum Gasteiger partial charge on any atom is 0.408 e. The summed E-state index contributed by atoms with van der Waals surface area (Å²) >= 11 is 4.34. The highest BCUT2D eigenvalue weighted by Crippen LogP contribution is 2.28. The van der Waals surface area contributed by atoms with Crippen molar-refractivity contribution in [2.75, 3.05) is 17.6 Å². The van der Waals surface area contributed by atoms with Crippen molar-refractivity contribution in [2.24, 2.45) is 0 Å². The molecule has 40 heavy (non-hydrogen) atoms. The van der Waals surface area contributed by atoms with E-state index < -0.39 is 35.6 Å². The molecule has 3 amide bonds. The van der Waals surface area contributed by atoms with Gasteiger partial charge in [0.25, 0.3) is 5.91 Å². The van der Waals surface area contributed by atoms with Crippen molar-refractivity contribution in [3.05, 3.63) is 59.7 Å². The van der Waals surface area contributed by atoms with Gasteiger partial charge < -0.3 is 25.4 Å². The van der Waals surface area contributed by atoms with Gasteiger partial charge in [-0.2, -0.15) is 12.6 Å². The molecule has 0 fully saturated rings. The average Bonchev–Trinajstić information content (AvgIpc) is 2.88. The molecule has 0 aromatic heterocycles. The van der Waals surface area contributed by atoms with Gasteiger partial charge in [-0.05, 0) is 63.4 Å². The molecule has 0 aliphatic carbocycles. The number of amides is 3. The summed E-state index contributed by atoms with van der Waals surface area (Å²) in [6, 6.07) is 11.7. The molecule has 2 unspecified atom stereocenters. The number of benzene rings is 2. The SMILES string of the molecule is CCCCCCCCN(C(=O)C(CS)NC(=O)OC(C)(C)C)C(C(=O)Nc1ccccc1C)c1cccc(O)c1. The summed E-state index contributed by atoms with van der Waals surface area (Å²) in [5.74, 6) is -0.884. The number of rotatable bonds is 14. The predicted octanol–water partition coefficient (Wildman–Crippen LogP) is 6.39. The summed E-state index contributed by atoms with van der Waals surface area (Å²) in [6.07, 6.45) is 5.23. The number of nitrogens with one attached hydrogen (secondary N) is 2. The Bertz CT molecular complexity index is 1120. The summed E-state index contributed by atoms with van der Waals surface area (Å²) in [6.45, 7) is 9.55. The first kappa shape index (κ1) is 33.0. The van der Waals surface area contributed by atoms with Crippen molar-refractivity contribution in [3.63, 3.8) is 0 Å². The van der Waals surface area contributed by atoms with Gasteiger partial charge in [0, 0.05) is 18.0 Å². The molecule has 8 nitrogen and oxygen atoms in total. The third kappa shape index (κ3) is 10.8. The highest BCUT2D eigenvalue weighted by atomic mass is 32.1. The van der Waals surface area contributed by atoms with Crippen LogP contribution in [0, 0.1) is 6.92 Å². The number of ether oxygens (including phenoxy) is 1. The smallest absolute Gasteiger partial charge is 0.408 e. The monoisotopic (exact) mass is 571 g/mol. The first-order valence-electron chi connectivity index (χ1n) is 14.0. The van der Waals surface area contributed by atoms with E-state index in [1.807, 2.05) is 25.1 Å². The lowest BCUT2D eigenvalue weighted by Gasteiger charge is -2.34. The van der Waals surface area contributed by atoms with Gasteiger partial charge >= 0.3 is 6.09 Å². The Hall–Kier alpha value is -3.20. The second-order valence-corrected chi connectivity index (χ2v) is 11.3. The zero-order valence-corrected chi connectivity index (χ0v) is 25.3. The second-order valence-electron chi connectivity index (χ2n) is 11.0. The van der Waals surface area contributed by atoms with Crippen LogP contribution in [0.1, 0.15) is 83.4 Å². The zero-order chi connectivity index (χ0) is 29.7. The molecule has 0 saturated heterocycles. The number of unbranched alkanes of at least 4 members (excludes halogenated alkanes) is 5. The first-order chi connectivity index (χ1) is 19.0. The molecule has 0 aliphatic heterocycles. The van der Waals surface area contributed by atoms with Gasteiger partial charge in [0.15, 0.2) is 0 Å². The summed E-state index contributed by atoms with van der Waals surface area (Å²) in [5, 5.41) is 15.8. The number of phenolic OH excluding ortho intramolecular Hbond substituents is 1. The second kappa shape index (κ2) is 16.2. The van der Waals surface area contributed by atoms with E-state index in [9.17, 15) is 19.5 Å². The first-order valence-corrected chi connectivity index (χ1v) is 14.7. The molecule has 220 valence electrons. The van der Waals surface area contributed by atoms with E-state index in [1.165, 1.54) is 17.0 Å². The highest BCUT2D eigenvalue weighted by molar-refractivity contribution is 7.80. The molecule has 0 bridgehead atoms. The van der Waals surface area contributed by atoms with E-state index in [1.54, 1.807) is 39.0 Å². The normalized spacial score (nSPS) is 12.8. The molecule has 0 saturated carbocycles. The molecular formula is C31H45N3O5S. The van der Waals surface area contributed by atoms with Gasteiger partial charge in [-0.15, -0.1) is 0 Å². The number of nitrogens with zero attached hydrogens (tertiary/aromatic N) is 1. The number of aromatic hydroxyl groups is 1. The van der Waals surface area contributed by atoms with Crippen LogP contribution in [-0.2, 0) is 14.3 Å². The number of anilines is 1. The fourth-order valence-corrected chi connectivity index (χ4v) is 4.59. The van der Waals surface area contributed by atoms with E-state index in [4.69, 9.17) is 4.74 Å². The Morgan fingerprint density at radius 3 is 2.30 bits per heavy atom. The largest absolute Gasteiger partial charge is 0.508 e. The third-order valence-electron chi connectivity index (χ3n) is 6.36. The van der Waals surface area contributed by atoms with E-state index in [2.05, 4.69) is 30.2 Å². The molecule has 0 spiro atoms. The predicted molar refractivity (Wildman–Crippen MR) is 163 cm³/mol. The van der Waals surface area contributed by atoms with Gasteiger partial charge in [-0.1, -0.05) is 69.4 Å². The lowest BCUT2D eigenvalue weighted by Crippen LogP contribution is -2.53. The minimum Gasteiger partial charge on any atom is -0.508 e. The van der Waals surface area contributed by atoms with Gasteiger partial charge in [-0.3, -0.25) is 9.59 Å². The molecule has 0 heterocycles. The summed E-state index contributed by atoms with van der Waals surface area (Å²) in [5.41, 5.74) is 1.21. The maximum absolute atomic E-state index is 14.0. The number of hydrogen-bond donors (Lipinski definition) is 4. The number of aryl methyl sites for hydroxylation is 1. The Morgan fingerprint density at radius 1 is 1.00 bits per heavy atom. The van der Waals surface area contributed by atoms with Crippen LogP contribution >= 0.6 is 12.6 Å². The molecule has 2 aromatic rings. The van der Waals surface area contributed by atoms with Crippen molar-refractivity contribution in [1.82, 2.24) is 10.2 Å². The lowest BCUT2D eigenvalue weighted by molar-refractivity contribution is -0.140. The van der Waals surface area contributed by atoms with Crippen LogP contribution in [-0.4, -0.2) is 51.9 Å². The third-order valence-corrected chi connectivity index (χ3v) is 6.72. The Morgan fingerprint density at radius 2 is 1.68 bits per heavy atom. The molecular weight excluding hydrogens is 526 g/mol. The molecule has 0 radical (unpaired) electrons. The number of para-hydroxylation sites is 1. The highest BCUT2D eigenvalue weighted by Gasteiger charge is 2.36. The van der Waals surface area contributed by atoms with E-state index >= 15 is 0 Å². The Labute approximate surface area is 244 Å². The molecule has 9 heteroatoms. The zero-order valence-electron chi connectivity index (χ0n) is 24.4. The molecule has 2 aromatic carbocycles. The van der Waals surface area contributed by atoms with Crippen LogP contribution < -0.4 is 10.6 Å². The summed E-state index contributed by atoms with van der Waals surface area (Å²) in [4.78, 5) is 42.0. The molecule has 2 atom stereocenters.